The first-order chi connectivity index (χ1) is 12.8. The van der Waals surface area contributed by atoms with Crippen LogP contribution < -0.4 is 10.6 Å². The first kappa shape index (κ1) is 25.3. The lowest BCUT2D eigenvalue weighted by Gasteiger charge is -2.32. The molecule has 1 unspecified atom stereocenters. The van der Waals surface area contributed by atoms with E-state index in [0.29, 0.717) is 5.92 Å². The van der Waals surface area contributed by atoms with Crippen LogP contribution in [0.15, 0.2) is 4.99 Å². The van der Waals surface area contributed by atoms with E-state index >= 15 is 0 Å². The van der Waals surface area contributed by atoms with Crippen molar-refractivity contribution in [3.63, 3.8) is 0 Å². The van der Waals surface area contributed by atoms with Crippen molar-refractivity contribution in [1.82, 2.24) is 20.4 Å². The third kappa shape index (κ3) is 8.71. The average Bonchev–Trinajstić information content (AvgIpc) is 3.03. The molecule has 0 aromatic carbocycles. The number of carbonyl (C=O) groups is 1. The minimum atomic E-state index is -0.466. The number of hydrogen-bond donors (Lipinski definition) is 2. The van der Waals surface area contributed by atoms with Gasteiger partial charge in [0.15, 0.2) is 5.96 Å². The van der Waals surface area contributed by atoms with Gasteiger partial charge >= 0.3 is 6.09 Å². The minimum absolute atomic E-state index is 0. The zero-order valence-corrected chi connectivity index (χ0v) is 20.6. The average molecular weight is 509 g/mol. The van der Waals surface area contributed by atoms with Gasteiger partial charge in [-0.2, -0.15) is 0 Å². The Morgan fingerprint density at radius 3 is 2.43 bits per heavy atom. The fourth-order valence-electron chi connectivity index (χ4n) is 3.84. The Morgan fingerprint density at radius 1 is 1.18 bits per heavy atom. The fourth-order valence-corrected chi connectivity index (χ4v) is 3.84. The van der Waals surface area contributed by atoms with Gasteiger partial charge in [-0.25, -0.2) is 4.79 Å². The largest absolute Gasteiger partial charge is 0.444 e. The Balaban J connectivity index is 0.00000392. The van der Waals surface area contributed by atoms with Crippen LogP contribution >= 0.6 is 24.0 Å². The molecule has 2 aliphatic rings. The van der Waals surface area contributed by atoms with E-state index in [1.165, 1.54) is 38.9 Å². The number of amides is 1. The van der Waals surface area contributed by atoms with Gasteiger partial charge in [-0.05, 0) is 72.0 Å². The molecule has 2 saturated heterocycles. The number of rotatable bonds is 5. The Hall–Kier alpha value is -0.770. The van der Waals surface area contributed by atoms with Gasteiger partial charge < -0.3 is 25.2 Å². The third-order valence-electron chi connectivity index (χ3n) is 5.22. The van der Waals surface area contributed by atoms with E-state index < -0.39 is 5.60 Å². The lowest BCUT2D eigenvalue weighted by molar-refractivity contribution is 0.0507. The standard InChI is InChI=1S/C20H39N5O2.HI/c1-6-10-24-11-7-16(8-12-24)14-22-18(21-5)25-13-9-17(15-25)23-19(26)27-20(2,3)4;/h16-17H,6-15H2,1-5H3,(H,21,22)(H,23,26);1H. The quantitative estimate of drug-likeness (QED) is 0.339. The Morgan fingerprint density at radius 2 is 1.86 bits per heavy atom. The van der Waals surface area contributed by atoms with Crippen molar-refractivity contribution in [2.45, 2.75) is 65.0 Å². The number of piperidine rings is 1. The maximum atomic E-state index is 12.0. The number of guanidine groups is 1. The molecule has 2 rings (SSSR count). The van der Waals surface area contributed by atoms with Gasteiger partial charge in [0, 0.05) is 26.7 Å². The first-order valence-electron chi connectivity index (χ1n) is 10.5. The molecule has 1 atom stereocenters. The molecule has 2 N–H and O–H groups in total. The molecule has 2 fully saturated rings. The van der Waals surface area contributed by atoms with E-state index in [4.69, 9.17) is 4.74 Å². The van der Waals surface area contributed by atoms with Crippen molar-refractivity contribution in [2.24, 2.45) is 10.9 Å². The lowest BCUT2D eigenvalue weighted by atomic mass is 9.97. The summed E-state index contributed by atoms with van der Waals surface area (Å²) in [4.78, 5) is 21.2. The fraction of sp³-hybridized carbons (Fsp3) is 0.900. The number of ether oxygens (including phenoxy) is 1. The third-order valence-corrected chi connectivity index (χ3v) is 5.22. The number of hydrogen-bond acceptors (Lipinski definition) is 4. The molecular weight excluding hydrogens is 469 g/mol. The van der Waals surface area contributed by atoms with Crippen molar-refractivity contribution in [3.8, 4) is 0 Å². The van der Waals surface area contributed by atoms with Gasteiger partial charge in [0.1, 0.15) is 5.60 Å². The van der Waals surface area contributed by atoms with E-state index in [1.807, 2.05) is 27.8 Å². The topological polar surface area (TPSA) is 69.2 Å². The second-order valence-electron chi connectivity index (χ2n) is 8.79. The summed E-state index contributed by atoms with van der Waals surface area (Å²) >= 11 is 0. The number of aliphatic imine (C=N–C) groups is 1. The normalized spacial score (nSPS) is 22.0. The molecule has 28 heavy (non-hydrogen) atoms. The van der Waals surface area contributed by atoms with Crippen LogP contribution in [0.25, 0.3) is 0 Å². The van der Waals surface area contributed by atoms with Crippen molar-refractivity contribution in [1.29, 1.82) is 0 Å². The smallest absolute Gasteiger partial charge is 0.407 e. The molecule has 0 spiro atoms. The monoisotopic (exact) mass is 509 g/mol. The zero-order valence-electron chi connectivity index (χ0n) is 18.3. The van der Waals surface area contributed by atoms with E-state index in [0.717, 1.165) is 32.0 Å². The van der Waals surface area contributed by atoms with E-state index in [1.54, 1.807) is 0 Å². The van der Waals surface area contributed by atoms with Crippen LogP contribution in [0.5, 0.6) is 0 Å². The number of carbonyl (C=O) groups excluding carboxylic acids is 1. The van der Waals surface area contributed by atoms with Crippen molar-refractivity contribution in [3.05, 3.63) is 0 Å². The molecule has 2 heterocycles. The highest BCUT2D eigenvalue weighted by molar-refractivity contribution is 14.0. The van der Waals surface area contributed by atoms with Crippen LogP contribution in [0.3, 0.4) is 0 Å². The van der Waals surface area contributed by atoms with Crippen LogP contribution in [0, 0.1) is 5.92 Å². The second-order valence-corrected chi connectivity index (χ2v) is 8.79. The SMILES string of the molecule is CCCN1CCC(CNC(=NC)N2CCC(NC(=O)OC(C)(C)C)C2)CC1.I. The molecule has 0 aromatic heterocycles. The number of nitrogens with one attached hydrogen (secondary N) is 2. The highest BCUT2D eigenvalue weighted by atomic mass is 127. The summed E-state index contributed by atoms with van der Waals surface area (Å²) in [6.07, 6.45) is 4.33. The maximum Gasteiger partial charge on any atom is 0.407 e. The predicted octanol–water partition coefficient (Wildman–Crippen LogP) is 2.90. The van der Waals surface area contributed by atoms with Gasteiger partial charge in [-0.1, -0.05) is 6.92 Å². The molecular formula is C20H40IN5O2. The minimum Gasteiger partial charge on any atom is -0.444 e. The van der Waals surface area contributed by atoms with E-state index in [2.05, 4.69) is 32.3 Å². The van der Waals surface area contributed by atoms with Crippen molar-refractivity contribution in [2.75, 3.05) is 46.3 Å². The summed E-state index contributed by atoms with van der Waals surface area (Å²) < 4.78 is 5.36. The molecule has 0 bridgehead atoms. The lowest BCUT2D eigenvalue weighted by Crippen LogP contribution is -2.46. The molecule has 2 aliphatic heterocycles. The zero-order chi connectivity index (χ0) is 19.9. The number of alkyl carbamates (subject to hydrolysis) is 1. The molecule has 7 nitrogen and oxygen atoms in total. The van der Waals surface area contributed by atoms with Gasteiger partial charge in [0.05, 0.1) is 6.04 Å². The van der Waals surface area contributed by atoms with Gasteiger partial charge in [0.25, 0.3) is 0 Å². The van der Waals surface area contributed by atoms with Gasteiger partial charge in [-0.15, -0.1) is 24.0 Å². The van der Waals surface area contributed by atoms with Gasteiger partial charge in [0.2, 0.25) is 0 Å². The first-order valence-corrected chi connectivity index (χ1v) is 10.5. The molecule has 0 radical (unpaired) electrons. The van der Waals surface area contributed by atoms with Crippen LogP contribution in [0.1, 0.15) is 53.4 Å². The van der Waals surface area contributed by atoms with E-state index in [-0.39, 0.29) is 36.1 Å². The Kier molecular flexibility index (Phi) is 10.9. The Labute approximate surface area is 188 Å². The molecule has 8 heteroatoms. The van der Waals surface area contributed by atoms with Crippen LogP contribution in [0.2, 0.25) is 0 Å². The molecule has 164 valence electrons. The summed E-state index contributed by atoms with van der Waals surface area (Å²) in [7, 11) is 1.83. The van der Waals surface area contributed by atoms with Crippen molar-refractivity contribution >= 4 is 36.0 Å². The molecule has 0 saturated carbocycles. The summed E-state index contributed by atoms with van der Waals surface area (Å²) in [5.74, 6) is 1.66. The van der Waals surface area contributed by atoms with E-state index in [9.17, 15) is 4.79 Å². The van der Waals surface area contributed by atoms with Gasteiger partial charge in [-0.3, -0.25) is 4.99 Å². The van der Waals surface area contributed by atoms with Crippen LogP contribution in [0.4, 0.5) is 4.79 Å². The van der Waals surface area contributed by atoms with Crippen LogP contribution in [-0.2, 0) is 4.74 Å². The maximum absolute atomic E-state index is 12.0. The summed E-state index contributed by atoms with van der Waals surface area (Å²) in [6.45, 7) is 14.2. The second kappa shape index (κ2) is 12.0. The Bertz CT molecular complexity index is 501. The molecule has 0 aromatic rings. The predicted molar refractivity (Wildman–Crippen MR) is 126 cm³/mol. The molecule has 0 aliphatic carbocycles. The summed E-state index contributed by atoms with van der Waals surface area (Å²) in [5.41, 5.74) is -0.466. The van der Waals surface area contributed by atoms with Crippen LogP contribution in [-0.4, -0.2) is 79.8 Å². The number of halogens is 1. The summed E-state index contributed by atoms with van der Waals surface area (Å²) in [5, 5.41) is 6.53. The van der Waals surface area contributed by atoms with Crippen molar-refractivity contribution < 1.29 is 9.53 Å². The number of nitrogens with zero attached hydrogens (tertiary/aromatic N) is 3. The highest BCUT2D eigenvalue weighted by Gasteiger charge is 2.28. The number of likely N-dealkylation sites (tertiary alicyclic amines) is 2. The summed E-state index contributed by atoms with van der Waals surface area (Å²) in [6, 6.07) is 0.107. The molecule has 1 amide bonds. The highest BCUT2D eigenvalue weighted by Crippen LogP contribution is 2.17.